The average molecular weight is 150 g/mol. The van der Waals surface area contributed by atoms with Crippen LogP contribution >= 0.6 is 0 Å². The quantitative estimate of drug-likeness (QED) is 0.412. The van der Waals surface area contributed by atoms with E-state index in [9.17, 15) is 0 Å². The van der Waals surface area contributed by atoms with Crippen molar-refractivity contribution in [2.45, 2.75) is 19.8 Å². The lowest BCUT2D eigenvalue weighted by atomic mass is 10.00. The van der Waals surface area contributed by atoms with Gasteiger partial charge in [0.05, 0.1) is 12.9 Å². The fourth-order valence-electron chi connectivity index (χ4n) is 2.15. The van der Waals surface area contributed by atoms with Gasteiger partial charge in [0.2, 0.25) is 0 Å². The molecule has 1 saturated carbocycles. The number of fused-ring (bicyclic) bond motifs is 2. The van der Waals surface area contributed by atoms with Gasteiger partial charge < -0.3 is 4.74 Å². The summed E-state index contributed by atoms with van der Waals surface area (Å²) in [5.41, 5.74) is 1.53. The molecular formula is C10H14O. The van der Waals surface area contributed by atoms with Gasteiger partial charge in [-0.25, -0.2) is 0 Å². The minimum atomic E-state index is 0.708. The maximum atomic E-state index is 5.23. The summed E-state index contributed by atoms with van der Waals surface area (Å²) >= 11 is 0. The van der Waals surface area contributed by atoms with E-state index in [1.54, 1.807) is 7.11 Å². The van der Waals surface area contributed by atoms with Crippen molar-refractivity contribution in [3.05, 3.63) is 23.5 Å². The van der Waals surface area contributed by atoms with Crippen molar-refractivity contribution in [3.8, 4) is 0 Å². The van der Waals surface area contributed by atoms with Crippen LogP contribution in [0, 0.1) is 11.8 Å². The van der Waals surface area contributed by atoms with Gasteiger partial charge in [-0.1, -0.05) is 12.2 Å². The molecule has 1 fully saturated rings. The lowest BCUT2D eigenvalue weighted by Gasteiger charge is -2.11. The maximum Gasteiger partial charge on any atom is 0.0922 e. The second-order valence-electron chi connectivity index (χ2n) is 3.48. The number of allylic oxidation sites excluding steroid dienone is 4. The molecule has 0 amide bonds. The van der Waals surface area contributed by atoms with E-state index >= 15 is 0 Å². The molecule has 0 radical (unpaired) electrons. The van der Waals surface area contributed by atoms with Gasteiger partial charge in [-0.05, 0) is 31.3 Å². The molecule has 2 rings (SSSR count). The maximum absolute atomic E-state index is 5.23. The lowest BCUT2D eigenvalue weighted by molar-refractivity contribution is 0.285. The predicted molar refractivity (Wildman–Crippen MR) is 45.1 cm³/mol. The number of hydrogen-bond acceptors (Lipinski definition) is 1. The molecule has 1 heteroatoms. The van der Waals surface area contributed by atoms with E-state index in [-0.39, 0.29) is 0 Å². The summed E-state index contributed by atoms with van der Waals surface area (Å²) in [6.45, 7) is 2.07. The Bertz CT molecular complexity index is 225. The topological polar surface area (TPSA) is 9.23 Å². The minimum Gasteiger partial charge on any atom is -0.501 e. The van der Waals surface area contributed by atoms with E-state index < -0.39 is 0 Å². The van der Waals surface area contributed by atoms with Crippen molar-refractivity contribution in [2.24, 2.45) is 11.8 Å². The molecule has 0 heterocycles. The van der Waals surface area contributed by atoms with Crippen molar-refractivity contribution in [2.75, 3.05) is 7.11 Å². The zero-order chi connectivity index (χ0) is 7.84. The van der Waals surface area contributed by atoms with Crippen LogP contribution in [0.1, 0.15) is 19.8 Å². The lowest BCUT2D eigenvalue weighted by Crippen LogP contribution is -1.97. The first kappa shape index (κ1) is 6.96. The zero-order valence-corrected chi connectivity index (χ0v) is 7.13. The largest absolute Gasteiger partial charge is 0.501 e. The number of rotatable bonds is 1. The summed E-state index contributed by atoms with van der Waals surface area (Å²) in [5, 5.41) is 0. The molecule has 0 aromatic rings. The molecule has 2 aliphatic carbocycles. The molecule has 0 aromatic carbocycles. The molecule has 11 heavy (non-hydrogen) atoms. The van der Waals surface area contributed by atoms with Gasteiger partial charge in [-0.2, -0.15) is 0 Å². The van der Waals surface area contributed by atoms with Crippen LogP contribution in [-0.4, -0.2) is 7.11 Å². The Labute approximate surface area is 67.7 Å². The van der Waals surface area contributed by atoms with Crippen molar-refractivity contribution >= 4 is 0 Å². The van der Waals surface area contributed by atoms with Crippen LogP contribution in [0.4, 0.5) is 0 Å². The molecule has 0 saturated heterocycles. The fraction of sp³-hybridized carbons (Fsp3) is 0.600. The summed E-state index contributed by atoms with van der Waals surface area (Å²) in [6.07, 6.45) is 7.24. The Morgan fingerprint density at radius 1 is 1.55 bits per heavy atom. The highest BCUT2D eigenvalue weighted by Crippen LogP contribution is 2.44. The van der Waals surface area contributed by atoms with Gasteiger partial charge in [0.25, 0.3) is 0 Å². The van der Waals surface area contributed by atoms with E-state index in [2.05, 4.69) is 19.1 Å². The van der Waals surface area contributed by atoms with Crippen LogP contribution in [0.5, 0.6) is 0 Å². The molecule has 2 unspecified atom stereocenters. The van der Waals surface area contributed by atoms with Crippen LogP contribution in [0.15, 0.2) is 23.5 Å². The summed E-state index contributed by atoms with van der Waals surface area (Å²) in [7, 11) is 1.76. The highest BCUT2D eigenvalue weighted by Gasteiger charge is 2.32. The van der Waals surface area contributed by atoms with Crippen molar-refractivity contribution in [1.29, 1.82) is 0 Å². The van der Waals surface area contributed by atoms with Crippen molar-refractivity contribution in [1.82, 2.24) is 0 Å². The van der Waals surface area contributed by atoms with Gasteiger partial charge in [0.15, 0.2) is 0 Å². The van der Waals surface area contributed by atoms with Gasteiger partial charge >= 0.3 is 0 Å². The second-order valence-corrected chi connectivity index (χ2v) is 3.48. The number of methoxy groups -OCH3 is 1. The van der Waals surface area contributed by atoms with Crippen LogP contribution in [0.25, 0.3) is 0 Å². The molecule has 0 aliphatic heterocycles. The van der Waals surface area contributed by atoms with Crippen LogP contribution in [0.3, 0.4) is 0 Å². The summed E-state index contributed by atoms with van der Waals surface area (Å²) < 4.78 is 5.23. The van der Waals surface area contributed by atoms with E-state index in [0.717, 1.165) is 11.7 Å². The van der Waals surface area contributed by atoms with Gasteiger partial charge in [-0.3, -0.25) is 0 Å². The zero-order valence-electron chi connectivity index (χ0n) is 7.13. The monoisotopic (exact) mass is 150 g/mol. The normalized spacial score (nSPS) is 38.0. The summed E-state index contributed by atoms with van der Waals surface area (Å²) in [5.74, 6) is 2.67. The van der Waals surface area contributed by atoms with E-state index in [1.165, 1.54) is 18.4 Å². The second kappa shape index (κ2) is 2.40. The van der Waals surface area contributed by atoms with Gasteiger partial charge in [0.1, 0.15) is 0 Å². The third-order valence-corrected chi connectivity index (χ3v) is 2.86. The predicted octanol–water partition coefficient (Wildman–Crippen LogP) is 2.50. The standard InChI is InChI=1S/C10H14O/c1-7(11-2)10-6-8-3-4-9(10)5-8/h3-4,8-9H,5-6H2,1-2H3/b10-7-. The Balaban J connectivity index is 2.26. The molecule has 0 aromatic heterocycles. The molecule has 0 N–H and O–H groups in total. The van der Waals surface area contributed by atoms with Crippen LogP contribution in [0.2, 0.25) is 0 Å². The SMILES string of the molecule is CO/C(C)=C1/CC2C=CC1C2. The fourth-order valence-corrected chi connectivity index (χ4v) is 2.15. The first-order valence-corrected chi connectivity index (χ1v) is 4.23. The van der Waals surface area contributed by atoms with Crippen LogP contribution in [-0.2, 0) is 4.74 Å². The van der Waals surface area contributed by atoms with Crippen molar-refractivity contribution < 1.29 is 4.74 Å². The highest BCUT2D eigenvalue weighted by atomic mass is 16.5. The van der Waals surface area contributed by atoms with E-state index in [1.807, 2.05) is 0 Å². The van der Waals surface area contributed by atoms with Crippen molar-refractivity contribution in [3.63, 3.8) is 0 Å². The van der Waals surface area contributed by atoms with Crippen LogP contribution < -0.4 is 0 Å². The Hall–Kier alpha value is -0.720. The Morgan fingerprint density at radius 3 is 2.82 bits per heavy atom. The highest BCUT2D eigenvalue weighted by molar-refractivity contribution is 5.28. The first-order valence-electron chi connectivity index (χ1n) is 4.23. The number of hydrogen-bond donors (Lipinski definition) is 0. The molecular weight excluding hydrogens is 136 g/mol. The molecule has 2 atom stereocenters. The average Bonchev–Trinajstić information content (AvgIpc) is 2.62. The summed E-state index contributed by atoms with van der Waals surface area (Å²) in [4.78, 5) is 0. The minimum absolute atomic E-state index is 0.708. The van der Waals surface area contributed by atoms with Gasteiger partial charge in [-0.15, -0.1) is 0 Å². The molecule has 60 valence electrons. The number of ether oxygens (including phenoxy) is 1. The summed E-state index contributed by atoms with van der Waals surface area (Å²) in [6, 6.07) is 0. The third kappa shape index (κ3) is 0.991. The first-order chi connectivity index (χ1) is 5.31. The molecule has 2 bridgehead atoms. The molecule has 2 aliphatic rings. The molecule has 0 spiro atoms. The Morgan fingerprint density at radius 2 is 2.36 bits per heavy atom. The molecule has 1 nitrogen and oxygen atoms in total. The Kier molecular flexibility index (Phi) is 1.52. The smallest absolute Gasteiger partial charge is 0.0922 e. The van der Waals surface area contributed by atoms with E-state index in [0.29, 0.717) is 5.92 Å². The third-order valence-electron chi connectivity index (χ3n) is 2.86. The van der Waals surface area contributed by atoms with E-state index in [4.69, 9.17) is 4.74 Å². The van der Waals surface area contributed by atoms with Gasteiger partial charge in [0, 0.05) is 5.92 Å².